The minimum Gasteiger partial charge on any atom is -0.477 e. The fourth-order valence-electron chi connectivity index (χ4n) is 2.71. The van der Waals surface area contributed by atoms with Crippen LogP contribution in [-0.4, -0.2) is 31.0 Å². The van der Waals surface area contributed by atoms with Crippen LogP contribution in [-0.2, 0) is 0 Å². The largest absolute Gasteiger partial charge is 0.477 e. The van der Waals surface area contributed by atoms with E-state index in [9.17, 15) is 4.79 Å². The molecule has 0 unspecified atom stereocenters. The van der Waals surface area contributed by atoms with Crippen molar-refractivity contribution in [1.82, 2.24) is 19.9 Å². The molecule has 27 heavy (non-hydrogen) atoms. The highest BCUT2D eigenvalue weighted by molar-refractivity contribution is 5.86. The van der Waals surface area contributed by atoms with Crippen molar-refractivity contribution in [3.05, 3.63) is 66.2 Å². The van der Waals surface area contributed by atoms with Gasteiger partial charge >= 0.3 is 5.97 Å². The zero-order valence-electron chi connectivity index (χ0n) is 14.4. The van der Waals surface area contributed by atoms with Crippen molar-refractivity contribution in [2.24, 2.45) is 0 Å². The van der Waals surface area contributed by atoms with Crippen molar-refractivity contribution in [3.8, 4) is 0 Å². The first-order valence-electron chi connectivity index (χ1n) is 8.23. The zero-order chi connectivity index (χ0) is 18.8. The molecule has 0 bridgehead atoms. The molecule has 0 saturated carbocycles. The number of carbonyl (C=O) groups is 1. The van der Waals surface area contributed by atoms with Crippen LogP contribution < -0.4 is 10.6 Å². The molecule has 0 fully saturated rings. The molecule has 0 aliphatic rings. The number of carboxylic acids is 1. The Kier molecular flexibility index (Phi) is 4.13. The minimum atomic E-state index is -1.07. The van der Waals surface area contributed by atoms with Gasteiger partial charge in [0, 0.05) is 23.1 Å². The molecule has 1 aromatic carbocycles. The van der Waals surface area contributed by atoms with Crippen LogP contribution in [0.15, 0.2) is 54.9 Å². The summed E-state index contributed by atoms with van der Waals surface area (Å²) in [5.41, 5.74) is 3.63. The third-order valence-electron chi connectivity index (χ3n) is 3.92. The molecule has 0 radical (unpaired) electrons. The number of benzene rings is 1. The van der Waals surface area contributed by atoms with E-state index < -0.39 is 5.97 Å². The molecule has 0 amide bonds. The van der Waals surface area contributed by atoms with E-state index in [1.54, 1.807) is 18.3 Å². The highest BCUT2D eigenvalue weighted by atomic mass is 16.4. The fraction of sp³-hybridized carbons (Fsp3) is 0.0526. The van der Waals surface area contributed by atoms with Crippen LogP contribution in [0.5, 0.6) is 0 Å². The van der Waals surface area contributed by atoms with Crippen LogP contribution >= 0.6 is 0 Å². The third-order valence-corrected chi connectivity index (χ3v) is 3.92. The number of aromatic nitrogens is 4. The Hall–Kier alpha value is -3.94. The van der Waals surface area contributed by atoms with Crippen molar-refractivity contribution in [2.75, 3.05) is 10.6 Å². The minimum absolute atomic E-state index is 0.0134. The molecule has 8 heteroatoms. The molecule has 0 saturated heterocycles. The number of aryl methyl sites for hydroxylation is 1. The number of H-pyrrole nitrogens is 1. The molecular formula is C19H16N6O2. The standard InChI is InChI=1S/C19H16N6O2/c1-11-8-12-2-3-13(9-16(12)22-11)24-19-20-7-6-17(25-19)23-14-4-5-15(18(26)27)21-10-14/h2-10,22H,1H3,(H,26,27)(H2,20,23,24,25). The van der Waals surface area contributed by atoms with E-state index in [0.717, 1.165) is 22.3 Å². The number of nitrogens with one attached hydrogen (secondary N) is 3. The third kappa shape index (κ3) is 3.69. The van der Waals surface area contributed by atoms with Gasteiger partial charge in [0.25, 0.3) is 0 Å². The molecule has 3 aromatic heterocycles. The summed E-state index contributed by atoms with van der Waals surface area (Å²) in [6.45, 7) is 2.02. The molecular weight excluding hydrogens is 344 g/mol. The molecule has 4 aromatic rings. The summed E-state index contributed by atoms with van der Waals surface area (Å²) >= 11 is 0. The monoisotopic (exact) mass is 360 g/mol. The summed E-state index contributed by atoms with van der Waals surface area (Å²) in [4.78, 5) is 26.7. The lowest BCUT2D eigenvalue weighted by Crippen LogP contribution is -2.02. The van der Waals surface area contributed by atoms with Gasteiger partial charge in [-0.25, -0.2) is 14.8 Å². The number of fused-ring (bicyclic) bond motifs is 1. The second-order valence-corrected chi connectivity index (χ2v) is 6.01. The number of hydrogen-bond donors (Lipinski definition) is 4. The van der Waals surface area contributed by atoms with Crippen molar-refractivity contribution in [2.45, 2.75) is 6.92 Å². The fourth-order valence-corrected chi connectivity index (χ4v) is 2.71. The smallest absolute Gasteiger partial charge is 0.354 e. The van der Waals surface area contributed by atoms with Gasteiger partial charge in [0.15, 0.2) is 0 Å². The predicted molar refractivity (Wildman–Crippen MR) is 103 cm³/mol. The molecule has 4 N–H and O–H groups in total. The quantitative estimate of drug-likeness (QED) is 0.427. The summed E-state index contributed by atoms with van der Waals surface area (Å²) < 4.78 is 0. The molecule has 8 nitrogen and oxygen atoms in total. The Morgan fingerprint density at radius 3 is 2.67 bits per heavy atom. The second kappa shape index (κ2) is 6.75. The highest BCUT2D eigenvalue weighted by Gasteiger charge is 2.06. The first-order chi connectivity index (χ1) is 13.1. The van der Waals surface area contributed by atoms with E-state index in [-0.39, 0.29) is 5.69 Å². The maximum atomic E-state index is 10.9. The number of anilines is 4. The van der Waals surface area contributed by atoms with E-state index >= 15 is 0 Å². The van der Waals surface area contributed by atoms with Gasteiger partial charge in [-0.3, -0.25) is 0 Å². The average Bonchev–Trinajstić information content (AvgIpc) is 3.02. The molecule has 3 heterocycles. The van der Waals surface area contributed by atoms with Crippen LogP contribution in [0.1, 0.15) is 16.2 Å². The Balaban J connectivity index is 1.51. The van der Waals surface area contributed by atoms with Gasteiger partial charge in [-0.2, -0.15) is 4.98 Å². The number of carboxylic acid groups (broad SMARTS) is 1. The topological polar surface area (TPSA) is 116 Å². The van der Waals surface area contributed by atoms with Gasteiger partial charge < -0.3 is 20.7 Å². The van der Waals surface area contributed by atoms with Crippen LogP contribution in [0.4, 0.5) is 23.1 Å². The van der Waals surface area contributed by atoms with Crippen LogP contribution in [0.2, 0.25) is 0 Å². The van der Waals surface area contributed by atoms with Gasteiger partial charge in [0.1, 0.15) is 11.5 Å². The molecule has 0 aliphatic carbocycles. The maximum Gasteiger partial charge on any atom is 0.354 e. The summed E-state index contributed by atoms with van der Waals surface area (Å²) in [5.74, 6) is -0.0591. The van der Waals surface area contributed by atoms with Gasteiger partial charge in [-0.15, -0.1) is 0 Å². The number of rotatable bonds is 5. The van der Waals surface area contributed by atoms with E-state index in [4.69, 9.17) is 5.11 Å². The SMILES string of the molecule is Cc1cc2ccc(Nc3nccc(Nc4ccc(C(=O)O)nc4)n3)cc2[nH]1. The Labute approximate surface area is 154 Å². The number of nitrogens with zero attached hydrogens (tertiary/aromatic N) is 3. The number of hydrogen-bond acceptors (Lipinski definition) is 6. The number of aromatic carboxylic acids is 1. The van der Waals surface area contributed by atoms with Gasteiger partial charge in [0.05, 0.1) is 11.9 Å². The number of aromatic amines is 1. The lowest BCUT2D eigenvalue weighted by molar-refractivity contribution is 0.0690. The zero-order valence-corrected chi connectivity index (χ0v) is 14.4. The van der Waals surface area contributed by atoms with Crippen LogP contribution in [0, 0.1) is 6.92 Å². The van der Waals surface area contributed by atoms with Crippen molar-refractivity contribution < 1.29 is 9.90 Å². The van der Waals surface area contributed by atoms with E-state index in [1.165, 1.54) is 12.3 Å². The molecule has 0 spiro atoms. The summed E-state index contributed by atoms with van der Waals surface area (Å²) in [6.07, 6.45) is 3.08. The average molecular weight is 360 g/mol. The second-order valence-electron chi connectivity index (χ2n) is 6.01. The summed E-state index contributed by atoms with van der Waals surface area (Å²) in [7, 11) is 0. The van der Waals surface area contributed by atoms with Gasteiger partial charge in [-0.05, 0) is 48.7 Å². The Bertz CT molecular complexity index is 1120. The molecule has 0 aliphatic heterocycles. The Morgan fingerprint density at radius 1 is 1.04 bits per heavy atom. The van der Waals surface area contributed by atoms with Crippen molar-refractivity contribution in [3.63, 3.8) is 0 Å². The van der Waals surface area contributed by atoms with Gasteiger partial charge in [0.2, 0.25) is 5.95 Å². The van der Waals surface area contributed by atoms with E-state index in [1.807, 2.05) is 25.1 Å². The molecule has 134 valence electrons. The predicted octanol–water partition coefficient (Wildman–Crippen LogP) is 3.85. The van der Waals surface area contributed by atoms with E-state index in [0.29, 0.717) is 17.5 Å². The maximum absolute atomic E-state index is 10.9. The lowest BCUT2D eigenvalue weighted by atomic mass is 10.2. The first-order valence-corrected chi connectivity index (χ1v) is 8.23. The molecule has 4 rings (SSSR count). The Morgan fingerprint density at radius 2 is 1.89 bits per heavy atom. The summed E-state index contributed by atoms with van der Waals surface area (Å²) in [6, 6.07) is 12.9. The van der Waals surface area contributed by atoms with Crippen LogP contribution in [0.3, 0.4) is 0 Å². The highest BCUT2D eigenvalue weighted by Crippen LogP contribution is 2.22. The summed E-state index contributed by atoms with van der Waals surface area (Å²) in [5, 5.41) is 16.3. The van der Waals surface area contributed by atoms with Crippen molar-refractivity contribution >= 4 is 40.0 Å². The number of pyridine rings is 1. The van der Waals surface area contributed by atoms with Crippen LogP contribution in [0.25, 0.3) is 10.9 Å². The van der Waals surface area contributed by atoms with Gasteiger partial charge in [-0.1, -0.05) is 6.07 Å². The normalized spacial score (nSPS) is 10.7. The first kappa shape index (κ1) is 16.5. The molecule has 0 atom stereocenters. The lowest BCUT2D eigenvalue weighted by Gasteiger charge is -2.08. The van der Waals surface area contributed by atoms with E-state index in [2.05, 4.69) is 36.6 Å². The van der Waals surface area contributed by atoms with Crippen molar-refractivity contribution in [1.29, 1.82) is 0 Å².